The molecule has 1 aromatic carbocycles. The van der Waals surface area contributed by atoms with Gasteiger partial charge in [-0.1, -0.05) is 30.3 Å². The van der Waals surface area contributed by atoms with Gasteiger partial charge in [0.15, 0.2) is 0 Å². The highest BCUT2D eigenvalue weighted by Crippen LogP contribution is 2.27. The number of esters is 1. The van der Waals surface area contributed by atoms with Gasteiger partial charge in [0.05, 0.1) is 12.5 Å². The van der Waals surface area contributed by atoms with Crippen LogP contribution in [-0.2, 0) is 14.3 Å². The standard InChI is InChI=1S/C12H13NO3/c1-2-16-12(15)10-9(11(14)13-10)8-6-4-3-5-7-8/h3-7,9-10H,2H2,1H3,(H,13,14)/t9-,10-/m1/s1. The Bertz CT molecular complexity index is 402. The monoisotopic (exact) mass is 219 g/mol. The van der Waals surface area contributed by atoms with E-state index in [1.807, 2.05) is 30.3 Å². The van der Waals surface area contributed by atoms with Crippen molar-refractivity contribution in [2.75, 3.05) is 6.61 Å². The minimum Gasteiger partial charge on any atom is -0.464 e. The van der Waals surface area contributed by atoms with Crippen molar-refractivity contribution in [3.63, 3.8) is 0 Å². The van der Waals surface area contributed by atoms with Gasteiger partial charge in [0.2, 0.25) is 5.91 Å². The second-order valence-electron chi connectivity index (χ2n) is 3.63. The molecule has 0 unspecified atom stereocenters. The summed E-state index contributed by atoms with van der Waals surface area (Å²) in [7, 11) is 0. The van der Waals surface area contributed by atoms with Crippen molar-refractivity contribution in [1.82, 2.24) is 5.32 Å². The third-order valence-corrected chi connectivity index (χ3v) is 2.61. The summed E-state index contributed by atoms with van der Waals surface area (Å²) in [5, 5.41) is 2.56. The van der Waals surface area contributed by atoms with E-state index in [1.54, 1.807) is 6.92 Å². The molecule has 0 saturated carbocycles. The van der Waals surface area contributed by atoms with E-state index in [-0.39, 0.29) is 11.9 Å². The Kier molecular flexibility index (Phi) is 2.90. The Morgan fingerprint density at radius 1 is 1.38 bits per heavy atom. The summed E-state index contributed by atoms with van der Waals surface area (Å²) >= 11 is 0. The number of carbonyl (C=O) groups is 2. The molecule has 1 saturated heterocycles. The molecule has 2 atom stereocenters. The van der Waals surface area contributed by atoms with Crippen molar-refractivity contribution in [1.29, 1.82) is 0 Å². The number of benzene rings is 1. The zero-order chi connectivity index (χ0) is 11.5. The first-order valence-corrected chi connectivity index (χ1v) is 5.26. The number of hydrogen-bond donors (Lipinski definition) is 1. The molecule has 1 aliphatic heterocycles. The topological polar surface area (TPSA) is 55.4 Å². The van der Waals surface area contributed by atoms with Crippen molar-refractivity contribution in [2.45, 2.75) is 18.9 Å². The Balaban J connectivity index is 2.14. The van der Waals surface area contributed by atoms with Crippen molar-refractivity contribution >= 4 is 11.9 Å². The quantitative estimate of drug-likeness (QED) is 0.605. The maximum atomic E-state index is 11.5. The molecule has 0 aliphatic carbocycles. The van der Waals surface area contributed by atoms with Crippen LogP contribution in [0.15, 0.2) is 30.3 Å². The minimum absolute atomic E-state index is 0.121. The predicted molar refractivity (Wildman–Crippen MR) is 57.7 cm³/mol. The fourth-order valence-corrected chi connectivity index (χ4v) is 1.81. The lowest BCUT2D eigenvalue weighted by atomic mass is 9.84. The van der Waals surface area contributed by atoms with Crippen LogP contribution in [0.1, 0.15) is 18.4 Å². The first-order chi connectivity index (χ1) is 7.74. The third-order valence-electron chi connectivity index (χ3n) is 2.61. The van der Waals surface area contributed by atoms with Gasteiger partial charge in [0.25, 0.3) is 0 Å². The second kappa shape index (κ2) is 4.35. The van der Waals surface area contributed by atoms with Gasteiger partial charge >= 0.3 is 5.97 Å². The molecule has 4 nitrogen and oxygen atoms in total. The van der Waals surface area contributed by atoms with Crippen LogP contribution in [0.5, 0.6) is 0 Å². The van der Waals surface area contributed by atoms with Crippen LogP contribution < -0.4 is 5.32 Å². The molecule has 84 valence electrons. The van der Waals surface area contributed by atoms with Crippen molar-refractivity contribution in [3.8, 4) is 0 Å². The van der Waals surface area contributed by atoms with E-state index in [1.165, 1.54) is 0 Å². The lowest BCUT2D eigenvalue weighted by molar-refractivity contribution is -0.154. The lowest BCUT2D eigenvalue weighted by Crippen LogP contribution is -2.60. The Hall–Kier alpha value is -1.84. The largest absolute Gasteiger partial charge is 0.464 e. The third kappa shape index (κ3) is 1.78. The summed E-state index contributed by atoms with van der Waals surface area (Å²) < 4.78 is 4.89. The van der Waals surface area contributed by atoms with E-state index in [4.69, 9.17) is 4.74 Å². The highest BCUT2D eigenvalue weighted by Gasteiger charge is 2.45. The maximum Gasteiger partial charge on any atom is 0.329 e. The van der Waals surface area contributed by atoms with Crippen LogP contribution in [0.3, 0.4) is 0 Å². The number of nitrogens with one attached hydrogen (secondary N) is 1. The van der Waals surface area contributed by atoms with Gasteiger partial charge in [0, 0.05) is 0 Å². The zero-order valence-corrected chi connectivity index (χ0v) is 8.97. The molecular formula is C12H13NO3. The molecule has 1 fully saturated rings. The van der Waals surface area contributed by atoms with Crippen LogP contribution in [0.4, 0.5) is 0 Å². The summed E-state index contributed by atoms with van der Waals surface area (Å²) in [5.41, 5.74) is 0.851. The molecule has 16 heavy (non-hydrogen) atoms. The Morgan fingerprint density at radius 2 is 2.06 bits per heavy atom. The van der Waals surface area contributed by atoms with Gasteiger partial charge in [-0.15, -0.1) is 0 Å². The molecule has 1 amide bonds. The fraction of sp³-hybridized carbons (Fsp3) is 0.333. The van der Waals surface area contributed by atoms with Gasteiger partial charge in [0.1, 0.15) is 6.04 Å². The van der Waals surface area contributed by atoms with Crippen LogP contribution in [0.25, 0.3) is 0 Å². The molecule has 1 aromatic rings. The van der Waals surface area contributed by atoms with Crippen molar-refractivity contribution < 1.29 is 14.3 Å². The van der Waals surface area contributed by atoms with E-state index >= 15 is 0 Å². The van der Waals surface area contributed by atoms with E-state index in [0.717, 1.165) is 5.56 Å². The van der Waals surface area contributed by atoms with Crippen molar-refractivity contribution in [2.24, 2.45) is 0 Å². The van der Waals surface area contributed by atoms with E-state index in [2.05, 4.69) is 5.32 Å². The number of amides is 1. The summed E-state index contributed by atoms with van der Waals surface area (Å²) in [6, 6.07) is 8.73. The SMILES string of the molecule is CCOC(=O)[C@@H]1NC(=O)[C@@H]1c1ccccc1. The summed E-state index contributed by atoms with van der Waals surface area (Å²) in [6.45, 7) is 2.07. The Morgan fingerprint density at radius 3 is 2.62 bits per heavy atom. The van der Waals surface area contributed by atoms with Crippen molar-refractivity contribution in [3.05, 3.63) is 35.9 Å². The lowest BCUT2D eigenvalue weighted by Gasteiger charge is -2.34. The van der Waals surface area contributed by atoms with E-state index in [0.29, 0.717) is 6.61 Å². The molecule has 4 heteroatoms. The summed E-state index contributed by atoms with van der Waals surface area (Å²) in [5.74, 6) is -0.888. The molecule has 1 heterocycles. The fourth-order valence-electron chi connectivity index (χ4n) is 1.81. The van der Waals surface area contributed by atoms with Gasteiger partial charge < -0.3 is 10.1 Å². The molecular weight excluding hydrogens is 206 g/mol. The van der Waals surface area contributed by atoms with Crippen LogP contribution >= 0.6 is 0 Å². The molecule has 0 aromatic heterocycles. The highest BCUT2D eigenvalue weighted by molar-refractivity contribution is 6.00. The number of carbonyl (C=O) groups excluding carboxylic acids is 2. The second-order valence-corrected chi connectivity index (χ2v) is 3.63. The summed E-state index contributed by atoms with van der Waals surface area (Å²) in [4.78, 5) is 22.9. The average Bonchev–Trinajstić information content (AvgIpc) is 2.27. The minimum atomic E-state index is -0.533. The predicted octanol–water partition coefficient (Wildman–Crippen LogP) is 0.832. The molecule has 1 aliphatic rings. The van der Waals surface area contributed by atoms with Gasteiger partial charge in [-0.2, -0.15) is 0 Å². The maximum absolute atomic E-state index is 11.5. The molecule has 0 bridgehead atoms. The number of β-lactam (4-membered cyclic amide) rings is 1. The highest BCUT2D eigenvalue weighted by atomic mass is 16.5. The molecule has 0 radical (unpaired) electrons. The molecule has 1 N–H and O–H groups in total. The van der Waals surface area contributed by atoms with Gasteiger partial charge in [-0.05, 0) is 12.5 Å². The van der Waals surface area contributed by atoms with Gasteiger partial charge in [-0.3, -0.25) is 4.79 Å². The smallest absolute Gasteiger partial charge is 0.329 e. The van der Waals surface area contributed by atoms with Gasteiger partial charge in [-0.25, -0.2) is 4.79 Å². The van der Waals surface area contributed by atoms with Crippen LogP contribution in [0.2, 0.25) is 0 Å². The molecule has 0 spiro atoms. The zero-order valence-electron chi connectivity index (χ0n) is 8.97. The first kappa shape index (κ1) is 10.7. The first-order valence-electron chi connectivity index (χ1n) is 5.26. The number of ether oxygens (including phenoxy) is 1. The molecule has 2 rings (SSSR count). The van der Waals surface area contributed by atoms with Crippen LogP contribution in [-0.4, -0.2) is 24.5 Å². The van der Waals surface area contributed by atoms with Crippen LogP contribution in [0, 0.1) is 0 Å². The number of hydrogen-bond acceptors (Lipinski definition) is 3. The van der Waals surface area contributed by atoms with E-state index in [9.17, 15) is 9.59 Å². The average molecular weight is 219 g/mol. The number of rotatable bonds is 3. The summed E-state index contributed by atoms with van der Waals surface area (Å²) in [6.07, 6.45) is 0. The van der Waals surface area contributed by atoms with E-state index < -0.39 is 12.0 Å². The Labute approximate surface area is 93.6 Å². The normalized spacial score (nSPS) is 23.2.